The number of H-pyrrole nitrogens is 2. The third kappa shape index (κ3) is 5.52. The summed E-state index contributed by atoms with van der Waals surface area (Å²) in [5.74, 6) is 0.181. The molecule has 3 rings (SSSR count). The molecule has 1 aliphatic rings. The Morgan fingerprint density at radius 1 is 1.22 bits per heavy atom. The van der Waals surface area contributed by atoms with E-state index in [1.165, 1.54) is 5.56 Å². The molecule has 2 aromatic rings. The number of carbonyl (C=O) groups is 2. The van der Waals surface area contributed by atoms with Crippen molar-refractivity contribution in [3.63, 3.8) is 0 Å². The summed E-state index contributed by atoms with van der Waals surface area (Å²) in [7, 11) is 0. The zero-order valence-corrected chi connectivity index (χ0v) is 15.0. The van der Waals surface area contributed by atoms with Gasteiger partial charge >= 0.3 is 5.69 Å². The number of aromatic amines is 2. The SMILES string of the molecule is O=C(CC1C(=O)NCCN1CCc1ccccc1)NCCc1n[nH]c(=O)[nH]1. The zero-order chi connectivity index (χ0) is 19.1. The van der Waals surface area contributed by atoms with Gasteiger partial charge in [-0.1, -0.05) is 30.3 Å². The van der Waals surface area contributed by atoms with Crippen LogP contribution in [0.25, 0.3) is 0 Å². The third-order valence-corrected chi connectivity index (χ3v) is 4.59. The Bertz CT molecular complexity index is 816. The van der Waals surface area contributed by atoms with E-state index in [1.807, 2.05) is 18.2 Å². The summed E-state index contributed by atoms with van der Waals surface area (Å²) in [4.78, 5) is 40.1. The van der Waals surface area contributed by atoms with Crippen LogP contribution in [0.2, 0.25) is 0 Å². The Balaban J connectivity index is 1.49. The number of rotatable bonds is 8. The maximum absolute atomic E-state index is 12.3. The summed E-state index contributed by atoms with van der Waals surface area (Å²) in [5, 5.41) is 11.7. The first-order valence-electron chi connectivity index (χ1n) is 9.08. The minimum absolute atomic E-state index is 0.109. The highest BCUT2D eigenvalue weighted by molar-refractivity contribution is 5.88. The summed E-state index contributed by atoms with van der Waals surface area (Å²) < 4.78 is 0. The van der Waals surface area contributed by atoms with Gasteiger partial charge in [-0.05, 0) is 12.0 Å². The lowest BCUT2D eigenvalue weighted by Gasteiger charge is -2.34. The number of piperazine rings is 1. The number of hydrogen-bond acceptors (Lipinski definition) is 5. The third-order valence-electron chi connectivity index (χ3n) is 4.59. The van der Waals surface area contributed by atoms with Crippen LogP contribution < -0.4 is 16.3 Å². The molecule has 0 bridgehead atoms. The van der Waals surface area contributed by atoms with Gasteiger partial charge in [0.1, 0.15) is 5.82 Å². The molecule has 27 heavy (non-hydrogen) atoms. The van der Waals surface area contributed by atoms with Crippen LogP contribution in [0.4, 0.5) is 0 Å². The molecule has 1 saturated heterocycles. The number of aromatic nitrogens is 3. The second kappa shape index (κ2) is 9.13. The molecule has 2 amide bonds. The van der Waals surface area contributed by atoms with Crippen LogP contribution in [0, 0.1) is 0 Å². The molecule has 2 heterocycles. The highest BCUT2D eigenvalue weighted by Crippen LogP contribution is 2.11. The molecule has 0 radical (unpaired) electrons. The van der Waals surface area contributed by atoms with Crippen LogP contribution in [0.15, 0.2) is 35.1 Å². The van der Waals surface area contributed by atoms with Crippen LogP contribution in [-0.2, 0) is 22.4 Å². The van der Waals surface area contributed by atoms with E-state index in [2.05, 4.69) is 42.8 Å². The number of benzene rings is 1. The van der Waals surface area contributed by atoms with Gasteiger partial charge in [-0.3, -0.25) is 19.5 Å². The fraction of sp³-hybridized carbons (Fsp3) is 0.444. The summed E-state index contributed by atoms with van der Waals surface area (Å²) in [6.07, 6.45) is 1.36. The van der Waals surface area contributed by atoms with Crippen molar-refractivity contribution in [3.05, 3.63) is 52.2 Å². The molecule has 9 nitrogen and oxygen atoms in total. The fourth-order valence-electron chi connectivity index (χ4n) is 3.16. The van der Waals surface area contributed by atoms with Gasteiger partial charge in [-0.25, -0.2) is 9.89 Å². The summed E-state index contributed by atoms with van der Waals surface area (Å²) in [6, 6.07) is 9.62. The van der Waals surface area contributed by atoms with Gasteiger partial charge in [0.25, 0.3) is 0 Å². The topological polar surface area (TPSA) is 123 Å². The Hall–Kier alpha value is -2.94. The fourth-order valence-corrected chi connectivity index (χ4v) is 3.16. The molecule has 0 aliphatic carbocycles. The predicted octanol–water partition coefficient (Wildman–Crippen LogP) is -0.810. The highest BCUT2D eigenvalue weighted by atomic mass is 16.2. The number of amides is 2. The number of nitrogens with zero attached hydrogens (tertiary/aromatic N) is 2. The van der Waals surface area contributed by atoms with Gasteiger partial charge in [0.2, 0.25) is 11.8 Å². The smallest absolute Gasteiger partial charge is 0.340 e. The first kappa shape index (κ1) is 18.8. The van der Waals surface area contributed by atoms with Crippen molar-refractivity contribution < 1.29 is 9.59 Å². The monoisotopic (exact) mass is 372 g/mol. The Morgan fingerprint density at radius 3 is 2.78 bits per heavy atom. The predicted molar refractivity (Wildman–Crippen MR) is 99.1 cm³/mol. The number of carbonyl (C=O) groups excluding carboxylic acids is 2. The van der Waals surface area contributed by atoms with Crippen molar-refractivity contribution in [1.29, 1.82) is 0 Å². The average molecular weight is 372 g/mol. The lowest BCUT2D eigenvalue weighted by molar-refractivity contribution is -0.133. The van der Waals surface area contributed by atoms with E-state index >= 15 is 0 Å². The van der Waals surface area contributed by atoms with Gasteiger partial charge in [0.15, 0.2) is 0 Å². The van der Waals surface area contributed by atoms with E-state index < -0.39 is 6.04 Å². The van der Waals surface area contributed by atoms with E-state index in [-0.39, 0.29) is 23.9 Å². The zero-order valence-electron chi connectivity index (χ0n) is 15.0. The Labute approximate surface area is 156 Å². The van der Waals surface area contributed by atoms with Gasteiger partial charge < -0.3 is 10.6 Å². The maximum Gasteiger partial charge on any atom is 0.340 e. The molecular weight excluding hydrogens is 348 g/mol. The molecular formula is C18H24N6O3. The van der Waals surface area contributed by atoms with Crippen molar-refractivity contribution in [3.8, 4) is 0 Å². The molecule has 0 spiro atoms. The first-order chi connectivity index (χ1) is 13.1. The van der Waals surface area contributed by atoms with E-state index in [4.69, 9.17) is 0 Å². The number of hydrogen-bond donors (Lipinski definition) is 4. The van der Waals surface area contributed by atoms with Crippen LogP contribution in [0.3, 0.4) is 0 Å². The minimum Gasteiger partial charge on any atom is -0.356 e. The van der Waals surface area contributed by atoms with Crippen LogP contribution >= 0.6 is 0 Å². The standard InChI is InChI=1S/C18H24N6O3/c25-16(19-8-6-15-21-18(27)23-22-15)12-14-17(26)20-9-11-24(14)10-7-13-4-2-1-3-5-13/h1-5,14H,6-12H2,(H,19,25)(H,20,26)(H2,21,22,23,27). The quantitative estimate of drug-likeness (QED) is 0.483. The lowest BCUT2D eigenvalue weighted by atomic mass is 10.1. The number of nitrogens with one attached hydrogen (secondary N) is 4. The Morgan fingerprint density at radius 2 is 2.04 bits per heavy atom. The molecule has 1 unspecified atom stereocenters. The molecule has 1 aromatic carbocycles. The summed E-state index contributed by atoms with van der Waals surface area (Å²) in [5.41, 5.74) is 0.837. The van der Waals surface area contributed by atoms with E-state index in [9.17, 15) is 14.4 Å². The molecule has 1 aliphatic heterocycles. The van der Waals surface area contributed by atoms with E-state index in [1.54, 1.807) is 0 Å². The largest absolute Gasteiger partial charge is 0.356 e. The van der Waals surface area contributed by atoms with Gasteiger partial charge in [0.05, 0.1) is 12.5 Å². The van der Waals surface area contributed by atoms with Crippen LogP contribution in [0.5, 0.6) is 0 Å². The normalized spacial score (nSPS) is 17.5. The highest BCUT2D eigenvalue weighted by Gasteiger charge is 2.31. The molecule has 1 atom stereocenters. The van der Waals surface area contributed by atoms with Crippen LogP contribution in [-0.4, -0.2) is 64.1 Å². The van der Waals surface area contributed by atoms with Crippen LogP contribution in [0.1, 0.15) is 17.8 Å². The molecule has 144 valence electrons. The second-order valence-corrected chi connectivity index (χ2v) is 6.51. The van der Waals surface area contributed by atoms with Crippen molar-refractivity contribution in [2.45, 2.75) is 25.3 Å². The lowest BCUT2D eigenvalue weighted by Crippen LogP contribution is -2.56. The summed E-state index contributed by atoms with van der Waals surface area (Å²) in [6.45, 7) is 2.39. The summed E-state index contributed by atoms with van der Waals surface area (Å²) >= 11 is 0. The van der Waals surface area contributed by atoms with Crippen molar-refractivity contribution in [2.24, 2.45) is 0 Å². The second-order valence-electron chi connectivity index (χ2n) is 6.51. The van der Waals surface area contributed by atoms with Gasteiger partial charge in [0, 0.05) is 32.6 Å². The average Bonchev–Trinajstić information content (AvgIpc) is 3.08. The van der Waals surface area contributed by atoms with Gasteiger partial charge in [-0.15, -0.1) is 0 Å². The van der Waals surface area contributed by atoms with Crippen molar-refractivity contribution in [1.82, 2.24) is 30.7 Å². The van der Waals surface area contributed by atoms with Crippen molar-refractivity contribution in [2.75, 3.05) is 26.2 Å². The van der Waals surface area contributed by atoms with Gasteiger partial charge in [-0.2, -0.15) is 5.10 Å². The van der Waals surface area contributed by atoms with E-state index in [0.29, 0.717) is 25.3 Å². The molecule has 4 N–H and O–H groups in total. The molecule has 1 aromatic heterocycles. The molecule has 0 saturated carbocycles. The maximum atomic E-state index is 12.3. The minimum atomic E-state index is -0.465. The Kier molecular flexibility index (Phi) is 6.37. The molecule has 9 heteroatoms. The van der Waals surface area contributed by atoms with E-state index in [0.717, 1.165) is 19.5 Å². The van der Waals surface area contributed by atoms with Crippen molar-refractivity contribution >= 4 is 11.8 Å². The molecule has 1 fully saturated rings. The first-order valence-corrected chi connectivity index (χ1v) is 9.08.